The maximum atomic E-state index is 12.2. The average molecular weight is 518 g/mol. The van der Waals surface area contributed by atoms with Gasteiger partial charge in [0.05, 0.1) is 6.10 Å². The number of fused-ring (bicyclic) bond motifs is 3. The molecule has 6 nitrogen and oxygen atoms in total. The lowest BCUT2D eigenvalue weighted by atomic mass is 9.98. The number of aliphatic hydroxyl groups excluding tert-OH is 2. The van der Waals surface area contributed by atoms with Gasteiger partial charge in [0.25, 0.3) is 0 Å². The van der Waals surface area contributed by atoms with Gasteiger partial charge in [-0.05, 0) is 50.7 Å². The van der Waals surface area contributed by atoms with E-state index in [2.05, 4.69) is 50.5 Å². The van der Waals surface area contributed by atoms with Crippen molar-refractivity contribution in [3.8, 4) is 11.1 Å². The molecule has 1 heterocycles. The molecule has 0 radical (unpaired) electrons. The smallest absolute Gasteiger partial charge is 0.407 e. The van der Waals surface area contributed by atoms with Crippen molar-refractivity contribution in [3.05, 3.63) is 87.1 Å². The van der Waals surface area contributed by atoms with E-state index in [9.17, 15) is 15.0 Å². The fourth-order valence-electron chi connectivity index (χ4n) is 3.99. The minimum Gasteiger partial charge on any atom is -0.449 e. The third-order valence-electron chi connectivity index (χ3n) is 5.59. The number of nitrogens with zero attached hydrogens (tertiary/aromatic N) is 1. The zero-order valence-electron chi connectivity index (χ0n) is 17.0. The number of aliphatic hydroxyl groups is 2. The second-order valence-corrected chi connectivity index (χ2v) is 8.82. The van der Waals surface area contributed by atoms with Crippen molar-refractivity contribution in [2.45, 2.75) is 24.5 Å². The SMILES string of the molecule is O=C(NCCC(O)C(O)c1cc(Cl)ncc1Br)OCC1c2ccccc2-c2ccccc21. The summed E-state index contributed by atoms with van der Waals surface area (Å²) < 4.78 is 6.01. The highest BCUT2D eigenvalue weighted by Gasteiger charge is 2.29. The number of benzene rings is 2. The highest BCUT2D eigenvalue weighted by molar-refractivity contribution is 9.10. The first-order valence-corrected chi connectivity index (χ1v) is 11.4. The van der Waals surface area contributed by atoms with Gasteiger partial charge < -0.3 is 20.3 Å². The molecule has 1 amide bonds. The fraction of sp³-hybridized carbons (Fsp3) is 0.250. The van der Waals surface area contributed by atoms with Gasteiger partial charge >= 0.3 is 6.09 Å². The molecular formula is C24H22BrClN2O4. The molecule has 0 bridgehead atoms. The van der Waals surface area contributed by atoms with Crippen molar-refractivity contribution >= 4 is 33.6 Å². The summed E-state index contributed by atoms with van der Waals surface area (Å²) in [6, 6.07) is 17.7. The predicted molar refractivity (Wildman–Crippen MR) is 126 cm³/mol. The highest BCUT2D eigenvalue weighted by atomic mass is 79.9. The molecule has 0 saturated carbocycles. The van der Waals surface area contributed by atoms with Crippen molar-refractivity contribution in [3.63, 3.8) is 0 Å². The number of hydrogen-bond acceptors (Lipinski definition) is 5. The Kier molecular flexibility index (Phi) is 7.10. The normalized spacial score (nSPS) is 14.4. The van der Waals surface area contributed by atoms with Crippen LogP contribution in [-0.2, 0) is 4.74 Å². The van der Waals surface area contributed by atoms with Crippen LogP contribution in [0.4, 0.5) is 4.79 Å². The second kappa shape index (κ2) is 10.0. The van der Waals surface area contributed by atoms with Crippen molar-refractivity contribution in [1.82, 2.24) is 10.3 Å². The van der Waals surface area contributed by atoms with E-state index >= 15 is 0 Å². The molecular weight excluding hydrogens is 496 g/mol. The zero-order chi connectivity index (χ0) is 22.7. The third-order valence-corrected chi connectivity index (χ3v) is 6.46. The Morgan fingerprint density at radius 1 is 1.12 bits per heavy atom. The first kappa shape index (κ1) is 22.7. The van der Waals surface area contributed by atoms with Gasteiger partial charge in [-0.3, -0.25) is 0 Å². The quantitative estimate of drug-likeness (QED) is 0.391. The molecule has 0 spiro atoms. The van der Waals surface area contributed by atoms with E-state index in [-0.39, 0.29) is 30.6 Å². The van der Waals surface area contributed by atoms with Gasteiger partial charge in [-0.2, -0.15) is 0 Å². The number of amides is 1. The number of halogens is 2. The monoisotopic (exact) mass is 516 g/mol. The Morgan fingerprint density at radius 3 is 2.41 bits per heavy atom. The minimum absolute atomic E-state index is 0.0191. The molecule has 1 aliphatic rings. The summed E-state index contributed by atoms with van der Waals surface area (Å²) >= 11 is 9.15. The number of carbonyl (C=O) groups excluding carboxylic acids is 1. The van der Waals surface area contributed by atoms with Crippen LogP contribution in [0.5, 0.6) is 0 Å². The Morgan fingerprint density at radius 2 is 1.75 bits per heavy atom. The van der Waals surface area contributed by atoms with Gasteiger partial charge in [0.15, 0.2) is 0 Å². The highest BCUT2D eigenvalue weighted by Crippen LogP contribution is 2.44. The van der Waals surface area contributed by atoms with E-state index in [0.717, 1.165) is 22.3 Å². The van der Waals surface area contributed by atoms with Crippen LogP contribution >= 0.6 is 27.5 Å². The number of hydrogen-bond donors (Lipinski definition) is 3. The van der Waals surface area contributed by atoms with Gasteiger partial charge in [-0.15, -0.1) is 0 Å². The van der Waals surface area contributed by atoms with E-state index < -0.39 is 18.3 Å². The summed E-state index contributed by atoms with van der Waals surface area (Å²) in [7, 11) is 0. The Hall–Kier alpha value is -2.45. The lowest BCUT2D eigenvalue weighted by molar-refractivity contribution is 0.0132. The Balaban J connectivity index is 1.29. The minimum atomic E-state index is -1.17. The summed E-state index contributed by atoms with van der Waals surface area (Å²) in [5.74, 6) is -0.0191. The molecule has 166 valence electrons. The summed E-state index contributed by atoms with van der Waals surface area (Å²) in [4.78, 5) is 16.1. The van der Waals surface area contributed by atoms with Crippen LogP contribution in [0, 0.1) is 0 Å². The molecule has 1 aliphatic carbocycles. The van der Waals surface area contributed by atoms with Gasteiger partial charge in [0.1, 0.15) is 17.9 Å². The van der Waals surface area contributed by atoms with Crippen LogP contribution in [0.1, 0.15) is 35.1 Å². The Bertz CT molecular complexity index is 1080. The third kappa shape index (κ3) is 4.81. The van der Waals surface area contributed by atoms with Crippen LogP contribution in [0.25, 0.3) is 11.1 Å². The molecule has 3 aromatic rings. The molecule has 1 aromatic heterocycles. The van der Waals surface area contributed by atoms with Crippen molar-refractivity contribution < 1.29 is 19.7 Å². The molecule has 0 aliphatic heterocycles. The Labute approximate surface area is 199 Å². The van der Waals surface area contributed by atoms with E-state index in [1.54, 1.807) is 0 Å². The van der Waals surface area contributed by atoms with E-state index in [1.807, 2.05) is 24.3 Å². The number of pyridine rings is 1. The number of nitrogens with one attached hydrogen (secondary N) is 1. The van der Waals surface area contributed by atoms with Crippen LogP contribution in [0.3, 0.4) is 0 Å². The molecule has 3 N–H and O–H groups in total. The van der Waals surface area contributed by atoms with Gasteiger partial charge in [-0.25, -0.2) is 9.78 Å². The molecule has 2 aromatic carbocycles. The van der Waals surface area contributed by atoms with Crippen LogP contribution in [0.2, 0.25) is 5.15 Å². The predicted octanol–water partition coefficient (Wildman–Crippen LogP) is 4.82. The summed E-state index contributed by atoms with van der Waals surface area (Å²) in [6.07, 6.45) is -1.24. The van der Waals surface area contributed by atoms with E-state index in [4.69, 9.17) is 16.3 Å². The number of aromatic nitrogens is 1. The first-order valence-electron chi connectivity index (χ1n) is 10.2. The molecule has 4 rings (SSSR count). The number of rotatable bonds is 7. The van der Waals surface area contributed by atoms with Gasteiger partial charge in [0.2, 0.25) is 0 Å². The fourth-order valence-corrected chi connectivity index (χ4v) is 4.61. The second-order valence-electron chi connectivity index (χ2n) is 7.58. The van der Waals surface area contributed by atoms with Crippen LogP contribution in [0.15, 0.2) is 65.3 Å². The molecule has 2 unspecified atom stereocenters. The topological polar surface area (TPSA) is 91.7 Å². The summed E-state index contributed by atoms with van der Waals surface area (Å²) in [5, 5.41) is 23.5. The largest absolute Gasteiger partial charge is 0.449 e. The lowest BCUT2D eigenvalue weighted by Crippen LogP contribution is -2.30. The number of carbonyl (C=O) groups is 1. The van der Waals surface area contributed by atoms with Crippen molar-refractivity contribution in [2.24, 2.45) is 0 Å². The molecule has 0 fully saturated rings. The first-order chi connectivity index (χ1) is 15.5. The summed E-state index contributed by atoms with van der Waals surface area (Å²) in [5.41, 5.74) is 5.04. The standard InChI is InChI=1S/C24H22BrClN2O4/c25-20-12-28-22(26)11-18(20)23(30)21(29)9-10-27-24(31)32-13-19-16-7-3-1-5-14(16)15-6-2-4-8-17(15)19/h1-8,11-12,19,21,23,29-30H,9-10,13H2,(H,27,31). The van der Waals surface area contributed by atoms with Crippen molar-refractivity contribution in [2.75, 3.05) is 13.2 Å². The maximum Gasteiger partial charge on any atom is 0.407 e. The van der Waals surface area contributed by atoms with Gasteiger partial charge in [-0.1, -0.05) is 60.1 Å². The van der Waals surface area contributed by atoms with Crippen LogP contribution < -0.4 is 5.32 Å². The van der Waals surface area contributed by atoms with E-state index in [1.165, 1.54) is 12.3 Å². The number of ether oxygens (including phenoxy) is 1. The molecule has 2 atom stereocenters. The van der Waals surface area contributed by atoms with E-state index in [0.29, 0.717) is 10.0 Å². The summed E-state index contributed by atoms with van der Waals surface area (Å²) in [6.45, 7) is 0.360. The van der Waals surface area contributed by atoms with Crippen LogP contribution in [-0.4, -0.2) is 40.5 Å². The molecule has 32 heavy (non-hydrogen) atoms. The lowest BCUT2D eigenvalue weighted by Gasteiger charge is -2.20. The van der Waals surface area contributed by atoms with Gasteiger partial charge in [0, 0.05) is 28.7 Å². The van der Waals surface area contributed by atoms with Crippen molar-refractivity contribution in [1.29, 1.82) is 0 Å². The zero-order valence-corrected chi connectivity index (χ0v) is 19.4. The molecule has 8 heteroatoms. The average Bonchev–Trinajstić information content (AvgIpc) is 3.12. The maximum absolute atomic E-state index is 12.2. The number of alkyl carbamates (subject to hydrolysis) is 1. The molecule has 0 saturated heterocycles.